The first kappa shape index (κ1) is 32.1. The van der Waals surface area contributed by atoms with Crippen molar-refractivity contribution in [3.8, 4) is 5.75 Å². The smallest absolute Gasteiger partial charge is 0.135 e. The molecule has 5 rings (SSSR count). The number of pyridine rings is 4. The Labute approximate surface area is 241 Å². The molecule has 1 saturated heterocycles. The monoisotopic (exact) mass is 570 g/mol. The quantitative estimate of drug-likeness (QED) is 0.271. The van der Waals surface area contributed by atoms with Crippen LogP contribution in [0.2, 0.25) is 10.0 Å². The van der Waals surface area contributed by atoms with E-state index in [4.69, 9.17) is 37.8 Å². The molecule has 0 radical (unpaired) electrons. The van der Waals surface area contributed by atoms with Crippen LogP contribution in [0, 0.1) is 0 Å². The van der Waals surface area contributed by atoms with Crippen LogP contribution in [0.1, 0.15) is 43.9 Å². The van der Waals surface area contributed by atoms with Gasteiger partial charge in [0.2, 0.25) is 0 Å². The first-order valence-corrected chi connectivity index (χ1v) is 13.5. The maximum Gasteiger partial charge on any atom is 0.135 e. The molecule has 4 aromatic heterocycles. The standard InChI is InChI=1S/C10H13NO.C10H15NO.C5H4ClNO.C5H4ClN/c1-5-11-6-2-9(1)10-3-7-12-8-4-10;1-9(2)12-8-6-10-5-3-4-7-11-10;6-4-1-5(8)3-7-2-4;6-5-2-1-3-7-4-5/h1-2,5-6,10H,3-4,7-8H2;3-5,7,9H,6,8H2,1-2H3;1-3,8H;1-4H. The number of hydrogen-bond acceptors (Lipinski definition) is 7. The largest absolute Gasteiger partial charge is 0.506 e. The van der Waals surface area contributed by atoms with Gasteiger partial charge in [-0.1, -0.05) is 29.3 Å². The molecular weight excluding hydrogens is 535 g/mol. The van der Waals surface area contributed by atoms with Gasteiger partial charge in [-0.3, -0.25) is 19.9 Å². The molecule has 208 valence electrons. The Morgan fingerprint density at radius 2 is 1.62 bits per heavy atom. The van der Waals surface area contributed by atoms with Gasteiger partial charge in [0.05, 0.1) is 29.0 Å². The highest BCUT2D eigenvalue weighted by molar-refractivity contribution is 6.30. The number of nitrogens with zero attached hydrogens (tertiary/aromatic N) is 4. The molecule has 1 N–H and O–H groups in total. The van der Waals surface area contributed by atoms with Crippen LogP contribution in [-0.4, -0.2) is 51.0 Å². The summed E-state index contributed by atoms with van der Waals surface area (Å²) in [7, 11) is 0. The summed E-state index contributed by atoms with van der Waals surface area (Å²) >= 11 is 10.9. The van der Waals surface area contributed by atoms with E-state index in [0.29, 0.717) is 22.1 Å². The highest BCUT2D eigenvalue weighted by atomic mass is 35.5. The van der Waals surface area contributed by atoms with Gasteiger partial charge >= 0.3 is 0 Å². The van der Waals surface area contributed by atoms with Crippen LogP contribution in [0.4, 0.5) is 0 Å². The molecule has 1 aliphatic heterocycles. The Morgan fingerprint density at radius 3 is 2.13 bits per heavy atom. The van der Waals surface area contributed by atoms with Gasteiger partial charge in [0.1, 0.15) is 5.75 Å². The molecule has 0 amide bonds. The molecule has 0 unspecified atom stereocenters. The van der Waals surface area contributed by atoms with Crippen molar-refractivity contribution in [2.24, 2.45) is 0 Å². The summed E-state index contributed by atoms with van der Waals surface area (Å²) in [5.74, 6) is 0.791. The summed E-state index contributed by atoms with van der Waals surface area (Å²) in [6.45, 7) is 6.66. The number of rotatable bonds is 5. The van der Waals surface area contributed by atoms with Gasteiger partial charge in [-0.05, 0) is 74.6 Å². The summed E-state index contributed by atoms with van der Waals surface area (Å²) in [5, 5.41) is 9.80. The second kappa shape index (κ2) is 19.9. The Hall–Kier alpha value is -3.10. The fraction of sp³-hybridized carbons (Fsp3) is 0.333. The van der Waals surface area contributed by atoms with Gasteiger partial charge in [0, 0.05) is 68.6 Å². The van der Waals surface area contributed by atoms with Crippen molar-refractivity contribution in [2.45, 2.75) is 45.1 Å². The van der Waals surface area contributed by atoms with E-state index in [9.17, 15) is 0 Å². The lowest BCUT2D eigenvalue weighted by molar-refractivity contribution is 0.0809. The van der Waals surface area contributed by atoms with E-state index in [-0.39, 0.29) is 5.75 Å². The van der Waals surface area contributed by atoms with E-state index in [1.54, 1.807) is 24.5 Å². The molecule has 1 aliphatic rings. The molecule has 39 heavy (non-hydrogen) atoms. The van der Waals surface area contributed by atoms with Gasteiger partial charge in [-0.15, -0.1) is 0 Å². The van der Waals surface area contributed by atoms with Gasteiger partial charge in [0.25, 0.3) is 0 Å². The molecule has 9 heteroatoms. The lowest BCUT2D eigenvalue weighted by Gasteiger charge is -2.21. The number of aromatic nitrogens is 4. The van der Waals surface area contributed by atoms with Gasteiger partial charge < -0.3 is 14.6 Å². The van der Waals surface area contributed by atoms with Gasteiger partial charge in [-0.2, -0.15) is 0 Å². The maximum atomic E-state index is 8.67. The molecular formula is C30H36Cl2N4O3. The van der Waals surface area contributed by atoms with Crippen LogP contribution >= 0.6 is 23.2 Å². The van der Waals surface area contributed by atoms with Crippen LogP contribution in [-0.2, 0) is 15.9 Å². The molecule has 0 bridgehead atoms. The summed E-state index contributed by atoms with van der Waals surface area (Å²) in [6, 6.07) is 15.2. The third-order valence-corrected chi connectivity index (χ3v) is 5.68. The first-order chi connectivity index (χ1) is 18.9. The number of halogens is 2. The summed E-state index contributed by atoms with van der Waals surface area (Å²) < 4.78 is 10.7. The van der Waals surface area contributed by atoms with Crippen molar-refractivity contribution in [1.29, 1.82) is 0 Å². The third-order valence-electron chi connectivity index (χ3n) is 5.25. The second-order valence-corrected chi connectivity index (χ2v) is 9.56. The topological polar surface area (TPSA) is 90.3 Å². The van der Waals surface area contributed by atoms with Crippen LogP contribution in [0.15, 0.2) is 91.9 Å². The average Bonchev–Trinajstić information content (AvgIpc) is 2.96. The van der Waals surface area contributed by atoms with Crippen LogP contribution in [0.25, 0.3) is 0 Å². The summed E-state index contributed by atoms with van der Waals surface area (Å²) in [5.41, 5.74) is 2.51. The van der Waals surface area contributed by atoms with E-state index >= 15 is 0 Å². The van der Waals surface area contributed by atoms with Crippen molar-refractivity contribution in [1.82, 2.24) is 19.9 Å². The van der Waals surface area contributed by atoms with Crippen molar-refractivity contribution in [3.05, 3.63) is 113 Å². The fourth-order valence-electron chi connectivity index (χ4n) is 3.35. The molecule has 0 saturated carbocycles. The van der Waals surface area contributed by atoms with Gasteiger partial charge in [0.15, 0.2) is 0 Å². The number of aromatic hydroxyl groups is 1. The molecule has 1 fully saturated rings. The minimum absolute atomic E-state index is 0.0949. The normalized spacial score (nSPS) is 12.6. The minimum atomic E-state index is 0.0949. The summed E-state index contributed by atoms with van der Waals surface area (Å²) in [4.78, 5) is 15.6. The Kier molecular flexibility index (Phi) is 16.4. The van der Waals surface area contributed by atoms with E-state index in [1.807, 2.05) is 50.6 Å². The van der Waals surface area contributed by atoms with Crippen LogP contribution in [0.3, 0.4) is 0 Å². The summed E-state index contributed by atoms with van der Waals surface area (Å²) in [6.07, 6.45) is 15.1. The van der Waals surface area contributed by atoms with E-state index in [1.165, 1.54) is 24.0 Å². The van der Waals surface area contributed by atoms with Crippen LogP contribution in [0.5, 0.6) is 5.75 Å². The minimum Gasteiger partial charge on any atom is -0.506 e. The first-order valence-electron chi connectivity index (χ1n) is 12.8. The highest BCUT2D eigenvalue weighted by Gasteiger charge is 2.14. The number of hydrogen-bond donors (Lipinski definition) is 1. The van der Waals surface area contributed by atoms with Crippen LogP contribution < -0.4 is 0 Å². The molecule has 7 nitrogen and oxygen atoms in total. The Morgan fingerprint density at radius 1 is 0.872 bits per heavy atom. The van der Waals surface area contributed by atoms with Crippen molar-refractivity contribution < 1.29 is 14.6 Å². The lowest BCUT2D eigenvalue weighted by Crippen LogP contribution is -2.13. The van der Waals surface area contributed by atoms with E-state index in [2.05, 4.69) is 32.1 Å². The maximum absolute atomic E-state index is 8.67. The molecule has 0 atom stereocenters. The van der Waals surface area contributed by atoms with Crippen molar-refractivity contribution in [3.63, 3.8) is 0 Å². The zero-order chi connectivity index (χ0) is 28.1. The Balaban J connectivity index is 0.000000187. The third kappa shape index (κ3) is 15.8. The highest BCUT2D eigenvalue weighted by Crippen LogP contribution is 2.25. The molecule has 4 aromatic rings. The van der Waals surface area contributed by atoms with Crippen molar-refractivity contribution >= 4 is 23.2 Å². The molecule has 0 aliphatic carbocycles. The fourth-order valence-corrected chi connectivity index (χ4v) is 3.65. The molecule has 0 aromatic carbocycles. The van der Waals surface area contributed by atoms with E-state index in [0.717, 1.165) is 44.8 Å². The predicted octanol–water partition coefficient (Wildman–Crippen LogP) is 7.20. The average molecular weight is 572 g/mol. The van der Waals surface area contributed by atoms with Gasteiger partial charge in [-0.25, -0.2) is 0 Å². The zero-order valence-electron chi connectivity index (χ0n) is 22.4. The molecule has 0 spiro atoms. The zero-order valence-corrected chi connectivity index (χ0v) is 23.9. The number of ether oxygens (including phenoxy) is 2. The SMILES string of the molecule is CC(C)OCCc1ccccn1.Clc1cccnc1.Oc1cncc(Cl)c1.c1cc(C2CCOCC2)ccn1. The van der Waals surface area contributed by atoms with E-state index < -0.39 is 0 Å². The molecule has 5 heterocycles. The lowest BCUT2D eigenvalue weighted by atomic mass is 9.93. The van der Waals surface area contributed by atoms with Crippen molar-refractivity contribution in [2.75, 3.05) is 19.8 Å². The predicted molar refractivity (Wildman–Crippen MR) is 156 cm³/mol. The second-order valence-electron chi connectivity index (χ2n) is 8.69. The Bertz CT molecular complexity index is 1120.